The van der Waals surface area contributed by atoms with Crippen LogP contribution in [0.5, 0.6) is 5.75 Å². The standard InChI is InChI=1S/C19H22N2O6/c1-4-7-19-11-27-9-6-13(19)20-10-12(18(24)25)15(22)16(26-3)14(20)17(23)21(19)8-5-2/h4-5,10,13H,1-2,6-9,11H2,3H3,(H,24,25)/t13-,19+/m0/s1. The first kappa shape index (κ1) is 18.9. The normalized spacial score (nSPS) is 24.0. The van der Waals surface area contributed by atoms with Crippen LogP contribution in [0.4, 0.5) is 0 Å². The van der Waals surface area contributed by atoms with Crippen molar-refractivity contribution in [3.05, 3.63) is 53.0 Å². The minimum atomic E-state index is -1.36. The Hall–Kier alpha value is -2.87. The topological polar surface area (TPSA) is 98.1 Å². The van der Waals surface area contributed by atoms with Gasteiger partial charge >= 0.3 is 5.97 Å². The second-order valence-corrected chi connectivity index (χ2v) is 6.62. The average Bonchev–Trinajstić information content (AvgIpc) is 2.65. The number of carbonyl (C=O) groups is 2. The number of carboxylic acids is 1. The Morgan fingerprint density at radius 2 is 2.19 bits per heavy atom. The molecule has 2 aliphatic heterocycles. The minimum Gasteiger partial charge on any atom is -0.491 e. The number of carbonyl (C=O) groups excluding carboxylic acids is 1. The van der Waals surface area contributed by atoms with Gasteiger partial charge in [0.2, 0.25) is 5.43 Å². The van der Waals surface area contributed by atoms with Gasteiger partial charge in [-0.3, -0.25) is 9.59 Å². The fourth-order valence-electron chi connectivity index (χ4n) is 4.15. The first-order valence-corrected chi connectivity index (χ1v) is 8.60. The molecule has 0 aliphatic carbocycles. The Kier molecular flexibility index (Phi) is 4.93. The maximum absolute atomic E-state index is 13.4. The molecule has 3 heterocycles. The monoisotopic (exact) mass is 374 g/mol. The van der Waals surface area contributed by atoms with Gasteiger partial charge in [0.25, 0.3) is 5.91 Å². The highest BCUT2D eigenvalue weighted by molar-refractivity contribution is 5.98. The van der Waals surface area contributed by atoms with Crippen LogP contribution in [0.2, 0.25) is 0 Å². The number of rotatable bonds is 6. The van der Waals surface area contributed by atoms with Crippen LogP contribution in [0.1, 0.15) is 39.7 Å². The zero-order valence-corrected chi connectivity index (χ0v) is 15.1. The first-order chi connectivity index (χ1) is 12.9. The van der Waals surface area contributed by atoms with E-state index in [2.05, 4.69) is 13.2 Å². The molecule has 0 aromatic carbocycles. The summed E-state index contributed by atoms with van der Waals surface area (Å²) in [6.07, 6.45) is 5.58. The molecular weight excluding hydrogens is 352 g/mol. The van der Waals surface area contributed by atoms with E-state index in [1.807, 2.05) is 0 Å². The number of nitrogens with zero attached hydrogens (tertiary/aromatic N) is 2. The van der Waals surface area contributed by atoms with Crippen molar-refractivity contribution in [3.8, 4) is 5.75 Å². The molecule has 0 bridgehead atoms. The predicted molar refractivity (Wildman–Crippen MR) is 97.5 cm³/mol. The number of fused-ring (bicyclic) bond motifs is 3. The zero-order valence-electron chi connectivity index (χ0n) is 15.1. The lowest BCUT2D eigenvalue weighted by molar-refractivity contribution is -0.0746. The number of aromatic nitrogens is 1. The number of hydrogen-bond donors (Lipinski definition) is 1. The lowest BCUT2D eigenvalue weighted by Gasteiger charge is -2.54. The summed E-state index contributed by atoms with van der Waals surface area (Å²) >= 11 is 0. The van der Waals surface area contributed by atoms with Crippen molar-refractivity contribution in [1.82, 2.24) is 9.47 Å². The molecule has 2 aliphatic rings. The molecule has 144 valence electrons. The molecule has 1 aromatic heterocycles. The Morgan fingerprint density at radius 3 is 2.78 bits per heavy atom. The van der Waals surface area contributed by atoms with Crippen molar-refractivity contribution < 1.29 is 24.2 Å². The van der Waals surface area contributed by atoms with E-state index in [9.17, 15) is 19.5 Å². The summed E-state index contributed by atoms with van der Waals surface area (Å²) in [5.74, 6) is -2.05. The molecule has 27 heavy (non-hydrogen) atoms. The molecule has 1 amide bonds. The van der Waals surface area contributed by atoms with Crippen molar-refractivity contribution in [3.63, 3.8) is 0 Å². The molecule has 1 aromatic rings. The van der Waals surface area contributed by atoms with Crippen LogP contribution in [0.3, 0.4) is 0 Å². The first-order valence-electron chi connectivity index (χ1n) is 8.60. The third-order valence-electron chi connectivity index (χ3n) is 5.27. The number of ether oxygens (including phenoxy) is 2. The largest absolute Gasteiger partial charge is 0.491 e. The van der Waals surface area contributed by atoms with Gasteiger partial charge in [0, 0.05) is 19.3 Å². The number of pyridine rings is 1. The number of hydrogen-bond acceptors (Lipinski definition) is 5. The molecule has 0 unspecified atom stereocenters. The summed E-state index contributed by atoms with van der Waals surface area (Å²) in [6, 6.07) is -0.288. The third-order valence-corrected chi connectivity index (χ3v) is 5.27. The van der Waals surface area contributed by atoms with Crippen LogP contribution in [-0.2, 0) is 4.74 Å². The molecule has 3 rings (SSSR count). The van der Waals surface area contributed by atoms with Gasteiger partial charge in [0.05, 0.1) is 25.3 Å². The summed E-state index contributed by atoms with van der Waals surface area (Å²) in [5.41, 5.74) is -1.93. The zero-order chi connectivity index (χ0) is 19.8. The summed E-state index contributed by atoms with van der Waals surface area (Å²) in [7, 11) is 1.25. The van der Waals surface area contributed by atoms with Crippen LogP contribution in [0.25, 0.3) is 0 Å². The van der Waals surface area contributed by atoms with E-state index in [1.165, 1.54) is 13.3 Å². The Bertz CT molecular complexity index is 874. The van der Waals surface area contributed by atoms with E-state index >= 15 is 0 Å². The summed E-state index contributed by atoms with van der Waals surface area (Å²) in [5, 5.41) is 9.43. The lowest BCUT2D eigenvalue weighted by Crippen LogP contribution is -2.65. The van der Waals surface area contributed by atoms with Crippen molar-refractivity contribution in [2.24, 2.45) is 0 Å². The number of aromatic carboxylic acids is 1. The fourth-order valence-corrected chi connectivity index (χ4v) is 4.15. The van der Waals surface area contributed by atoms with E-state index in [0.717, 1.165) is 0 Å². The van der Waals surface area contributed by atoms with E-state index in [4.69, 9.17) is 9.47 Å². The van der Waals surface area contributed by atoms with Gasteiger partial charge in [0.1, 0.15) is 5.56 Å². The highest BCUT2D eigenvalue weighted by Crippen LogP contribution is 2.44. The van der Waals surface area contributed by atoms with Crippen LogP contribution in [-0.4, -0.2) is 58.9 Å². The van der Waals surface area contributed by atoms with Gasteiger partial charge in [-0.2, -0.15) is 0 Å². The summed E-state index contributed by atoms with van der Waals surface area (Å²) < 4.78 is 12.5. The minimum absolute atomic E-state index is 0.0564. The van der Waals surface area contributed by atoms with Crippen LogP contribution < -0.4 is 10.2 Å². The third kappa shape index (κ3) is 2.68. The Balaban J connectivity index is 2.36. The predicted octanol–water partition coefficient (Wildman–Crippen LogP) is 1.47. The molecule has 2 atom stereocenters. The van der Waals surface area contributed by atoms with Gasteiger partial charge in [-0.1, -0.05) is 12.2 Å². The van der Waals surface area contributed by atoms with Crippen molar-refractivity contribution >= 4 is 11.9 Å². The van der Waals surface area contributed by atoms with E-state index < -0.39 is 28.4 Å². The molecule has 0 radical (unpaired) electrons. The van der Waals surface area contributed by atoms with Crippen LogP contribution in [0.15, 0.2) is 36.3 Å². The maximum atomic E-state index is 13.4. The molecule has 8 nitrogen and oxygen atoms in total. The van der Waals surface area contributed by atoms with Gasteiger partial charge in [-0.25, -0.2) is 4.79 Å². The highest BCUT2D eigenvalue weighted by Gasteiger charge is 2.53. The molecule has 0 spiro atoms. The van der Waals surface area contributed by atoms with E-state index in [-0.39, 0.29) is 30.6 Å². The molecule has 8 heteroatoms. The second kappa shape index (κ2) is 7.03. The molecule has 1 N–H and O–H groups in total. The number of amides is 1. The fraction of sp³-hybridized carbons (Fsp3) is 0.421. The number of carboxylic acid groups (broad SMARTS) is 1. The van der Waals surface area contributed by atoms with Crippen molar-refractivity contribution in [2.75, 3.05) is 26.9 Å². The summed E-state index contributed by atoms with van der Waals surface area (Å²) in [4.78, 5) is 39.1. The van der Waals surface area contributed by atoms with E-state index in [0.29, 0.717) is 19.4 Å². The molecule has 0 saturated carbocycles. The van der Waals surface area contributed by atoms with Gasteiger partial charge in [0.15, 0.2) is 11.4 Å². The van der Waals surface area contributed by atoms with E-state index in [1.54, 1.807) is 21.6 Å². The van der Waals surface area contributed by atoms with Crippen molar-refractivity contribution in [2.45, 2.75) is 24.4 Å². The average molecular weight is 374 g/mol. The highest BCUT2D eigenvalue weighted by atomic mass is 16.5. The molecule has 1 fully saturated rings. The Labute approximate surface area is 156 Å². The van der Waals surface area contributed by atoms with Gasteiger partial charge in [-0.05, 0) is 12.8 Å². The van der Waals surface area contributed by atoms with Crippen LogP contribution in [0, 0.1) is 0 Å². The van der Waals surface area contributed by atoms with Gasteiger partial charge < -0.3 is 24.0 Å². The SMILES string of the molecule is C=CCN1C(=O)c2c(OC)c(=O)c(C(=O)O)cn2[C@H]2CCOC[C@]21CC=C. The maximum Gasteiger partial charge on any atom is 0.341 e. The number of methoxy groups -OCH3 is 1. The summed E-state index contributed by atoms with van der Waals surface area (Å²) in [6.45, 7) is 8.53. The van der Waals surface area contributed by atoms with Gasteiger partial charge in [-0.15, -0.1) is 13.2 Å². The molecule has 1 saturated heterocycles. The van der Waals surface area contributed by atoms with Crippen molar-refractivity contribution in [1.29, 1.82) is 0 Å². The Morgan fingerprint density at radius 1 is 1.44 bits per heavy atom. The second-order valence-electron chi connectivity index (χ2n) is 6.62. The lowest BCUT2D eigenvalue weighted by atomic mass is 9.79. The molecular formula is C19H22N2O6. The quantitative estimate of drug-likeness (QED) is 0.758. The smallest absolute Gasteiger partial charge is 0.341 e. The van der Waals surface area contributed by atoms with Crippen LogP contribution >= 0.6 is 0 Å².